The molecule has 0 aliphatic carbocycles. The Morgan fingerprint density at radius 2 is 2.16 bits per heavy atom. The third kappa shape index (κ3) is 4.11. The lowest BCUT2D eigenvalue weighted by Crippen LogP contribution is -2.47. The summed E-state index contributed by atoms with van der Waals surface area (Å²) in [7, 11) is 1.72. The molecule has 2 aromatic rings. The van der Waals surface area contributed by atoms with E-state index < -0.39 is 0 Å². The van der Waals surface area contributed by atoms with Gasteiger partial charge in [0.2, 0.25) is 0 Å². The van der Waals surface area contributed by atoms with Crippen LogP contribution in [0.4, 0.5) is 0 Å². The zero-order chi connectivity index (χ0) is 17.9. The second-order valence-corrected chi connectivity index (χ2v) is 7.71. The van der Waals surface area contributed by atoms with Gasteiger partial charge in [0, 0.05) is 19.1 Å². The molecule has 7 heteroatoms. The molecule has 0 unspecified atom stereocenters. The Balaban J connectivity index is 1.69. The summed E-state index contributed by atoms with van der Waals surface area (Å²) in [5, 5.41) is 7.20. The van der Waals surface area contributed by atoms with Crippen molar-refractivity contribution in [3.05, 3.63) is 28.5 Å². The molecule has 0 atom stereocenters. The van der Waals surface area contributed by atoms with Gasteiger partial charge in [-0.3, -0.25) is 4.79 Å². The molecular formula is C18H25N3O3S. The summed E-state index contributed by atoms with van der Waals surface area (Å²) in [5.74, 6) is 1.47. The van der Waals surface area contributed by atoms with E-state index in [1.807, 2.05) is 26.0 Å². The molecule has 1 aliphatic heterocycles. The first kappa shape index (κ1) is 18.1. The van der Waals surface area contributed by atoms with Crippen molar-refractivity contribution < 1.29 is 13.9 Å². The van der Waals surface area contributed by atoms with Crippen LogP contribution in [0.25, 0.3) is 10.8 Å². The van der Waals surface area contributed by atoms with Crippen molar-refractivity contribution in [3.63, 3.8) is 0 Å². The molecule has 0 saturated carbocycles. The van der Waals surface area contributed by atoms with Crippen molar-refractivity contribution in [2.24, 2.45) is 5.41 Å². The third-order valence-electron chi connectivity index (χ3n) is 4.69. The molecular weight excluding hydrogens is 338 g/mol. The van der Waals surface area contributed by atoms with Gasteiger partial charge in [0.15, 0.2) is 10.8 Å². The molecule has 1 saturated heterocycles. The van der Waals surface area contributed by atoms with Gasteiger partial charge < -0.3 is 19.8 Å². The number of furan rings is 1. The van der Waals surface area contributed by atoms with E-state index in [0.29, 0.717) is 23.8 Å². The van der Waals surface area contributed by atoms with E-state index in [4.69, 9.17) is 9.15 Å². The van der Waals surface area contributed by atoms with Gasteiger partial charge in [-0.15, -0.1) is 11.3 Å². The van der Waals surface area contributed by atoms with Crippen molar-refractivity contribution in [1.82, 2.24) is 15.6 Å². The Labute approximate surface area is 152 Å². The van der Waals surface area contributed by atoms with Gasteiger partial charge in [-0.25, -0.2) is 4.98 Å². The Hall–Kier alpha value is -1.70. The van der Waals surface area contributed by atoms with Crippen LogP contribution in [-0.2, 0) is 4.74 Å². The monoisotopic (exact) mass is 363 g/mol. The van der Waals surface area contributed by atoms with Crippen LogP contribution in [0.5, 0.6) is 0 Å². The Kier molecular flexibility index (Phi) is 5.56. The maximum Gasteiger partial charge on any atom is 0.263 e. The molecule has 2 aromatic heterocycles. The minimum Gasteiger partial charge on any atom is -0.459 e. The van der Waals surface area contributed by atoms with Crippen molar-refractivity contribution in [3.8, 4) is 10.8 Å². The van der Waals surface area contributed by atoms with Gasteiger partial charge in [0.1, 0.15) is 10.6 Å². The number of amides is 1. The number of methoxy groups -OCH3 is 1. The van der Waals surface area contributed by atoms with Crippen molar-refractivity contribution in [2.75, 3.05) is 33.4 Å². The fraction of sp³-hybridized carbons (Fsp3) is 0.556. The van der Waals surface area contributed by atoms with Crippen LogP contribution < -0.4 is 10.6 Å². The van der Waals surface area contributed by atoms with Crippen LogP contribution >= 0.6 is 11.3 Å². The third-order valence-corrected chi connectivity index (χ3v) is 5.86. The predicted octanol–water partition coefficient (Wildman–Crippen LogP) is 2.77. The number of aryl methyl sites for hydroxylation is 2. The number of carbonyl (C=O) groups excluding carboxylic acids is 1. The largest absolute Gasteiger partial charge is 0.459 e. The van der Waals surface area contributed by atoms with Crippen molar-refractivity contribution in [1.29, 1.82) is 0 Å². The van der Waals surface area contributed by atoms with Crippen LogP contribution in [0.2, 0.25) is 0 Å². The molecule has 6 nitrogen and oxygen atoms in total. The minimum absolute atomic E-state index is 0.00913. The Bertz CT molecular complexity index is 726. The van der Waals surface area contributed by atoms with E-state index in [1.54, 1.807) is 7.11 Å². The fourth-order valence-electron chi connectivity index (χ4n) is 3.25. The predicted molar refractivity (Wildman–Crippen MR) is 98.0 cm³/mol. The normalized spacial score (nSPS) is 16.8. The zero-order valence-electron chi connectivity index (χ0n) is 15.0. The number of aromatic nitrogens is 1. The first-order chi connectivity index (χ1) is 12.0. The molecule has 1 fully saturated rings. The van der Waals surface area contributed by atoms with Crippen molar-refractivity contribution >= 4 is 17.2 Å². The molecule has 0 aromatic carbocycles. The average Bonchev–Trinajstić information content (AvgIpc) is 3.20. The number of rotatable bonds is 6. The van der Waals surface area contributed by atoms with Crippen LogP contribution in [0.3, 0.4) is 0 Å². The lowest BCUT2D eigenvalue weighted by molar-refractivity contribution is 0.0512. The van der Waals surface area contributed by atoms with E-state index in [2.05, 4.69) is 15.6 Å². The topological polar surface area (TPSA) is 76.4 Å². The molecule has 3 rings (SSSR count). The van der Waals surface area contributed by atoms with Crippen LogP contribution in [0.15, 0.2) is 16.5 Å². The zero-order valence-corrected chi connectivity index (χ0v) is 15.8. The van der Waals surface area contributed by atoms with Crippen LogP contribution in [0.1, 0.15) is 34.0 Å². The fourth-order valence-corrected chi connectivity index (χ4v) is 4.19. The van der Waals surface area contributed by atoms with E-state index in [-0.39, 0.29) is 11.3 Å². The second kappa shape index (κ2) is 7.68. The number of nitrogens with one attached hydrogen (secondary N) is 2. The number of ether oxygens (including phenoxy) is 1. The highest BCUT2D eigenvalue weighted by molar-refractivity contribution is 7.17. The van der Waals surface area contributed by atoms with Gasteiger partial charge in [0.05, 0.1) is 12.3 Å². The first-order valence-electron chi connectivity index (χ1n) is 8.55. The summed E-state index contributed by atoms with van der Waals surface area (Å²) in [6, 6.07) is 3.79. The van der Waals surface area contributed by atoms with Gasteiger partial charge in [-0.05, 0) is 51.9 Å². The highest BCUT2D eigenvalue weighted by Crippen LogP contribution is 2.31. The summed E-state index contributed by atoms with van der Waals surface area (Å²) in [6.45, 7) is 6.95. The summed E-state index contributed by atoms with van der Waals surface area (Å²) in [5.41, 5.74) is 0.743. The standard InChI is InChI=1S/C18H25N3O3S/c1-12-4-5-14(24-12)17-21-13(2)15(25-17)16(22)20-10-18(11-23-3)6-8-19-9-7-18/h4-5,19H,6-11H2,1-3H3,(H,20,22). The first-order valence-corrected chi connectivity index (χ1v) is 9.37. The number of hydrogen-bond donors (Lipinski definition) is 2. The summed E-state index contributed by atoms with van der Waals surface area (Å²) >= 11 is 1.37. The van der Waals surface area contributed by atoms with Crippen molar-refractivity contribution in [2.45, 2.75) is 26.7 Å². The number of piperidine rings is 1. The van der Waals surface area contributed by atoms with E-state index in [1.165, 1.54) is 11.3 Å². The Morgan fingerprint density at radius 1 is 1.40 bits per heavy atom. The van der Waals surface area contributed by atoms with Gasteiger partial charge in [0.25, 0.3) is 5.91 Å². The number of carbonyl (C=O) groups is 1. The Morgan fingerprint density at radius 3 is 2.80 bits per heavy atom. The number of thiazole rings is 1. The molecule has 3 heterocycles. The maximum absolute atomic E-state index is 12.7. The molecule has 136 valence electrons. The quantitative estimate of drug-likeness (QED) is 0.825. The highest BCUT2D eigenvalue weighted by Gasteiger charge is 2.33. The lowest BCUT2D eigenvalue weighted by Gasteiger charge is -2.37. The number of hydrogen-bond acceptors (Lipinski definition) is 6. The van der Waals surface area contributed by atoms with Crippen LogP contribution in [-0.4, -0.2) is 44.2 Å². The average molecular weight is 363 g/mol. The SMILES string of the molecule is COCC1(CNC(=O)c2sc(-c3ccc(C)o3)nc2C)CCNCC1. The van der Waals surface area contributed by atoms with E-state index >= 15 is 0 Å². The molecule has 0 spiro atoms. The molecule has 0 radical (unpaired) electrons. The molecule has 2 N–H and O–H groups in total. The van der Waals surface area contributed by atoms with E-state index in [9.17, 15) is 4.79 Å². The maximum atomic E-state index is 12.7. The summed E-state index contributed by atoms with van der Waals surface area (Å²) in [6.07, 6.45) is 2.00. The summed E-state index contributed by atoms with van der Waals surface area (Å²) < 4.78 is 11.0. The van der Waals surface area contributed by atoms with Gasteiger partial charge >= 0.3 is 0 Å². The molecule has 1 aliphatic rings. The highest BCUT2D eigenvalue weighted by atomic mass is 32.1. The number of nitrogens with zero attached hydrogens (tertiary/aromatic N) is 1. The van der Waals surface area contributed by atoms with E-state index in [0.717, 1.165) is 42.4 Å². The van der Waals surface area contributed by atoms with Gasteiger partial charge in [-0.2, -0.15) is 0 Å². The smallest absolute Gasteiger partial charge is 0.263 e. The summed E-state index contributed by atoms with van der Waals surface area (Å²) in [4.78, 5) is 17.8. The lowest BCUT2D eigenvalue weighted by atomic mass is 9.79. The molecule has 25 heavy (non-hydrogen) atoms. The minimum atomic E-state index is -0.0708. The molecule has 0 bridgehead atoms. The van der Waals surface area contributed by atoms with Crippen LogP contribution in [0, 0.1) is 19.3 Å². The molecule has 1 amide bonds. The second-order valence-electron chi connectivity index (χ2n) is 6.71. The van der Waals surface area contributed by atoms with Gasteiger partial charge in [-0.1, -0.05) is 0 Å².